The lowest BCUT2D eigenvalue weighted by molar-refractivity contribution is -0.119. The lowest BCUT2D eigenvalue weighted by Crippen LogP contribution is -2.54. The van der Waals surface area contributed by atoms with Gasteiger partial charge >= 0.3 is 6.16 Å². The molecule has 2 aliphatic rings. The van der Waals surface area contributed by atoms with E-state index in [9.17, 15) is 9.59 Å². The Labute approximate surface area is 186 Å². The predicted octanol–water partition coefficient (Wildman–Crippen LogP) is 3.49. The molecule has 3 heterocycles. The Morgan fingerprint density at radius 1 is 1.12 bits per heavy atom. The van der Waals surface area contributed by atoms with E-state index in [0.717, 1.165) is 24.2 Å². The number of pyridine rings is 2. The number of likely N-dealkylation sites (N-methyl/N-ethyl adjacent to an activating group) is 1. The smallest absolute Gasteiger partial charge is 0.493 e. The van der Waals surface area contributed by atoms with Crippen molar-refractivity contribution in [3.63, 3.8) is 0 Å². The van der Waals surface area contributed by atoms with Crippen LogP contribution in [0.2, 0.25) is 0 Å². The number of carbonyl (C=O) groups is 2. The fourth-order valence-electron chi connectivity index (χ4n) is 4.38. The zero-order valence-corrected chi connectivity index (χ0v) is 18.6. The number of hydrogen-bond acceptors (Lipinski definition) is 9. The second-order valence-corrected chi connectivity index (χ2v) is 7.88. The molecule has 1 fully saturated rings. The standard InChI is InChI=1S/C22H27N5O5/c1-13-21(28)26(2)17-12-23-19(10-16(17)27(13)14-7-5-6-8-14)25-20-18(30-3)9-15(11-24-20)32-22(29)31-4/h9-14H,5-8H2,1-4H3,(H,23,24,25). The molecule has 32 heavy (non-hydrogen) atoms. The van der Waals surface area contributed by atoms with Crippen molar-refractivity contribution in [2.75, 3.05) is 36.4 Å². The summed E-state index contributed by atoms with van der Waals surface area (Å²) in [5, 5.41) is 3.17. The monoisotopic (exact) mass is 441 g/mol. The molecule has 0 aromatic carbocycles. The first-order chi connectivity index (χ1) is 15.4. The molecule has 170 valence electrons. The van der Waals surface area contributed by atoms with E-state index in [-0.39, 0.29) is 17.7 Å². The number of carbonyl (C=O) groups excluding carboxylic acids is 2. The van der Waals surface area contributed by atoms with Crippen molar-refractivity contribution in [2.24, 2.45) is 0 Å². The molecule has 1 N–H and O–H groups in total. The highest BCUT2D eigenvalue weighted by Gasteiger charge is 2.38. The van der Waals surface area contributed by atoms with Crippen LogP contribution in [-0.2, 0) is 9.53 Å². The lowest BCUT2D eigenvalue weighted by atomic mass is 10.0. The Morgan fingerprint density at radius 2 is 1.88 bits per heavy atom. The second-order valence-electron chi connectivity index (χ2n) is 7.88. The van der Waals surface area contributed by atoms with Crippen molar-refractivity contribution in [1.82, 2.24) is 9.97 Å². The Bertz CT molecular complexity index is 1020. The third kappa shape index (κ3) is 4.00. The van der Waals surface area contributed by atoms with E-state index in [1.54, 1.807) is 18.1 Å². The highest BCUT2D eigenvalue weighted by molar-refractivity contribution is 6.05. The summed E-state index contributed by atoms with van der Waals surface area (Å²) >= 11 is 0. The maximum Gasteiger partial charge on any atom is 0.513 e. The van der Waals surface area contributed by atoms with Gasteiger partial charge in [0.1, 0.15) is 11.9 Å². The van der Waals surface area contributed by atoms with Crippen molar-refractivity contribution in [3.8, 4) is 11.5 Å². The molecule has 0 bridgehead atoms. The van der Waals surface area contributed by atoms with Crippen LogP contribution in [0.25, 0.3) is 0 Å². The molecule has 10 nitrogen and oxygen atoms in total. The summed E-state index contributed by atoms with van der Waals surface area (Å²) in [5.41, 5.74) is 1.75. The molecule has 2 aromatic rings. The average Bonchev–Trinajstić information content (AvgIpc) is 3.33. The van der Waals surface area contributed by atoms with Crippen LogP contribution in [-0.4, -0.2) is 55.4 Å². The predicted molar refractivity (Wildman–Crippen MR) is 119 cm³/mol. The van der Waals surface area contributed by atoms with Gasteiger partial charge in [-0.3, -0.25) is 4.79 Å². The van der Waals surface area contributed by atoms with Crippen molar-refractivity contribution in [3.05, 3.63) is 24.5 Å². The summed E-state index contributed by atoms with van der Waals surface area (Å²) in [4.78, 5) is 36.8. The van der Waals surface area contributed by atoms with Crippen LogP contribution in [0, 0.1) is 0 Å². The molecule has 4 rings (SSSR count). The van der Waals surface area contributed by atoms with Gasteiger partial charge in [0.05, 0.1) is 38.0 Å². The van der Waals surface area contributed by atoms with Gasteiger partial charge in [0, 0.05) is 25.2 Å². The first-order valence-corrected chi connectivity index (χ1v) is 10.6. The number of methoxy groups -OCH3 is 2. The highest BCUT2D eigenvalue weighted by Crippen LogP contribution is 2.41. The van der Waals surface area contributed by atoms with E-state index in [1.807, 2.05) is 13.0 Å². The van der Waals surface area contributed by atoms with Gasteiger partial charge < -0.3 is 29.3 Å². The molecule has 1 amide bonds. The normalized spacial score (nSPS) is 18.4. The second kappa shape index (κ2) is 8.89. The summed E-state index contributed by atoms with van der Waals surface area (Å²) in [6.07, 6.45) is 6.73. The lowest BCUT2D eigenvalue weighted by Gasteiger charge is -2.43. The zero-order chi connectivity index (χ0) is 22.8. The van der Waals surface area contributed by atoms with Crippen LogP contribution in [0.3, 0.4) is 0 Å². The number of nitrogens with zero attached hydrogens (tertiary/aromatic N) is 4. The summed E-state index contributed by atoms with van der Waals surface area (Å²) in [5.74, 6) is 1.61. The van der Waals surface area contributed by atoms with Gasteiger partial charge in [0.15, 0.2) is 17.3 Å². The average molecular weight is 441 g/mol. The first-order valence-electron chi connectivity index (χ1n) is 10.6. The minimum Gasteiger partial charge on any atom is -0.493 e. The molecule has 0 radical (unpaired) electrons. The Balaban J connectivity index is 1.65. The molecule has 0 saturated heterocycles. The van der Waals surface area contributed by atoms with Gasteiger partial charge in [0.2, 0.25) is 5.91 Å². The van der Waals surface area contributed by atoms with Crippen LogP contribution < -0.4 is 24.6 Å². The van der Waals surface area contributed by atoms with Crippen LogP contribution in [0.15, 0.2) is 24.5 Å². The number of aromatic nitrogens is 2. The van der Waals surface area contributed by atoms with Gasteiger partial charge in [0.25, 0.3) is 0 Å². The Morgan fingerprint density at radius 3 is 2.56 bits per heavy atom. The van der Waals surface area contributed by atoms with Gasteiger partial charge in [-0.05, 0) is 19.8 Å². The fraction of sp³-hybridized carbons (Fsp3) is 0.455. The first kappa shape index (κ1) is 21.7. The third-order valence-electron chi connectivity index (χ3n) is 5.99. The van der Waals surface area contributed by atoms with E-state index in [0.29, 0.717) is 23.4 Å². The summed E-state index contributed by atoms with van der Waals surface area (Å²) in [6.45, 7) is 1.96. The van der Waals surface area contributed by atoms with Crippen LogP contribution in [0.1, 0.15) is 32.6 Å². The molecular formula is C22H27N5O5. The summed E-state index contributed by atoms with van der Waals surface area (Å²) in [6, 6.07) is 3.56. The number of ether oxygens (including phenoxy) is 3. The maximum atomic E-state index is 12.8. The zero-order valence-electron chi connectivity index (χ0n) is 18.6. The number of hydrogen-bond donors (Lipinski definition) is 1. The minimum absolute atomic E-state index is 0.0661. The van der Waals surface area contributed by atoms with Crippen LogP contribution >= 0.6 is 0 Å². The Kier molecular flexibility index (Phi) is 6.02. The topological polar surface area (TPSA) is 106 Å². The largest absolute Gasteiger partial charge is 0.513 e. The third-order valence-corrected chi connectivity index (χ3v) is 5.99. The van der Waals surface area contributed by atoms with E-state index >= 15 is 0 Å². The molecule has 1 aliphatic carbocycles. The summed E-state index contributed by atoms with van der Waals surface area (Å²) in [7, 11) is 4.50. The maximum absolute atomic E-state index is 12.8. The fourth-order valence-corrected chi connectivity index (χ4v) is 4.38. The molecule has 2 aromatic heterocycles. The van der Waals surface area contributed by atoms with Crippen LogP contribution in [0.4, 0.5) is 27.8 Å². The number of anilines is 4. The molecule has 1 saturated carbocycles. The molecule has 0 spiro atoms. The van der Waals surface area contributed by atoms with Crippen LogP contribution in [0.5, 0.6) is 11.5 Å². The van der Waals surface area contributed by atoms with Gasteiger partial charge in [-0.1, -0.05) is 12.8 Å². The van der Waals surface area contributed by atoms with Gasteiger partial charge in [-0.25, -0.2) is 14.8 Å². The number of fused-ring (bicyclic) bond motifs is 1. The number of amides is 1. The molecular weight excluding hydrogens is 414 g/mol. The Hall–Kier alpha value is -3.56. The van der Waals surface area contributed by atoms with Crippen molar-refractivity contribution in [1.29, 1.82) is 0 Å². The van der Waals surface area contributed by atoms with E-state index < -0.39 is 6.16 Å². The number of nitrogens with one attached hydrogen (secondary N) is 1. The minimum atomic E-state index is -0.842. The number of rotatable bonds is 5. The van der Waals surface area contributed by atoms with Crippen molar-refractivity contribution >= 4 is 35.1 Å². The van der Waals surface area contributed by atoms with Gasteiger partial charge in [-0.2, -0.15) is 0 Å². The summed E-state index contributed by atoms with van der Waals surface area (Å²) < 4.78 is 14.9. The SMILES string of the molecule is COC(=O)Oc1cnc(Nc2cc3c(cn2)N(C)C(=O)C(C)N3C2CCCC2)c(OC)c1. The highest BCUT2D eigenvalue weighted by atomic mass is 16.7. The molecule has 1 atom stereocenters. The van der Waals surface area contributed by atoms with Gasteiger partial charge in [-0.15, -0.1) is 0 Å². The van der Waals surface area contributed by atoms with E-state index in [2.05, 4.69) is 24.9 Å². The van der Waals surface area contributed by atoms with E-state index in [1.165, 1.54) is 39.3 Å². The molecule has 1 unspecified atom stereocenters. The van der Waals surface area contributed by atoms with E-state index in [4.69, 9.17) is 9.47 Å². The quantitative estimate of drug-likeness (QED) is 0.698. The van der Waals surface area contributed by atoms with Crippen molar-refractivity contribution < 1.29 is 23.8 Å². The van der Waals surface area contributed by atoms with Crippen molar-refractivity contribution in [2.45, 2.75) is 44.7 Å². The molecule has 10 heteroatoms. The molecule has 1 aliphatic heterocycles.